The summed E-state index contributed by atoms with van der Waals surface area (Å²) in [4.78, 5) is 26.8. The van der Waals surface area contributed by atoms with E-state index in [1.54, 1.807) is 6.92 Å². The van der Waals surface area contributed by atoms with Gasteiger partial charge < -0.3 is 28.8 Å². The maximum atomic E-state index is 13.8. The second-order valence-corrected chi connectivity index (χ2v) is 10.8. The van der Waals surface area contributed by atoms with Crippen LogP contribution in [0.3, 0.4) is 0 Å². The first-order valence-corrected chi connectivity index (χ1v) is 14.5. The molecule has 1 fully saturated rings. The second-order valence-electron chi connectivity index (χ2n) is 10.8. The number of aliphatic hydroxyl groups is 1. The summed E-state index contributed by atoms with van der Waals surface area (Å²) in [5, 5.41) is 10.8. The van der Waals surface area contributed by atoms with Gasteiger partial charge in [-0.15, -0.1) is 0 Å². The topological polar surface area (TPSA) is 110 Å². The van der Waals surface area contributed by atoms with Crippen LogP contribution in [0, 0.1) is 6.92 Å². The molecular formula is C34H38N2O8. The molecule has 4 atom stereocenters. The van der Waals surface area contributed by atoms with Crippen molar-refractivity contribution in [2.45, 2.75) is 57.5 Å². The third-order valence-electron chi connectivity index (χ3n) is 7.70. The Bertz CT molecular complexity index is 1590. The summed E-state index contributed by atoms with van der Waals surface area (Å²) in [6.07, 6.45) is -1.26. The third kappa shape index (κ3) is 7.07. The van der Waals surface area contributed by atoms with Gasteiger partial charge in [0.15, 0.2) is 6.23 Å². The van der Waals surface area contributed by atoms with Crippen molar-refractivity contribution in [3.63, 3.8) is 0 Å². The molecule has 3 aromatic carbocycles. The van der Waals surface area contributed by atoms with Crippen LogP contribution >= 0.6 is 0 Å². The van der Waals surface area contributed by atoms with Crippen molar-refractivity contribution in [2.24, 2.45) is 0 Å². The fourth-order valence-corrected chi connectivity index (χ4v) is 5.37. The van der Waals surface area contributed by atoms with Gasteiger partial charge in [-0.05, 0) is 23.6 Å². The number of aryl methyl sites for hydroxylation is 1. The average molecular weight is 603 g/mol. The number of aliphatic hydroxyl groups excluding tert-OH is 1. The quantitative estimate of drug-likeness (QED) is 0.233. The maximum absolute atomic E-state index is 13.8. The zero-order valence-electron chi connectivity index (χ0n) is 24.9. The van der Waals surface area contributed by atoms with E-state index >= 15 is 0 Å². The molecule has 10 nitrogen and oxygen atoms in total. The van der Waals surface area contributed by atoms with Crippen molar-refractivity contribution in [1.82, 2.24) is 9.13 Å². The van der Waals surface area contributed by atoms with E-state index in [2.05, 4.69) is 0 Å². The number of aromatic nitrogens is 2. The van der Waals surface area contributed by atoms with Gasteiger partial charge >= 0.3 is 5.69 Å². The first-order chi connectivity index (χ1) is 21.5. The Morgan fingerprint density at radius 1 is 0.818 bits per heavy atom. The first kappa shape index (κ1) is 31.5. The monoisotopic (exact) mass is 602 g/mol. The predicted molar refractivity (Wildman–Crippen MR) is 163 cm³/mol. The van der Waals surface area contributed by atoms with Gasteiger partial charge in [0.05, 0.1) is 33.0 Å². The van der Waals surface area contributed by atoms with E-state index in [0.717, 1.165) is 21.3 Å². The van der Waals surface area contributed by atoms with Crippen molar-refractivity contribution in [3.05, 3.63) is 140 Å². The minimum Gasteiger partial charge on any atom is -0.393 e. The van der Waals surface area contributed by atoms with Gasteiger partial charge in [-0.1, -0.05) is 91.0 Å². The minimum atomic E-state index is -1.38. The van der Waals surface area contributed by atoms with Gasteiger partial charge in [0, 0.05) is 18.9 Å². The molecule has 1 aliphatic heterocycles. The Morgan fingerprint density at radius 3 is 1.91 bits per heavy atom. The summed E-state index contributed by atoms with van der Waals surface area (Å²) in [5.41, 5.74) is 0.607. The molecule has 0 radical (unpaired) electrons. The highest BCUT2D eigenvalue weighted by Gasteiger charge is 2.57. The lowest BCUT2D eigenvalue weighted by atomic mass is 9.96. The highest BCUT2D eigenvalue weighted by molar-refractivity contribution is 5.16. The Balaban J connectivity index is 1.44. The van der Waals surface area contributed by atoms with Gasteiger partial charge in [0.1, 0.15) is 24.5 Å². The highest BCUT2D eigenvalue weighted by atomic mass is 16.6. The van der Waals surface area contributed by atoms with Crippen molar-refractivity contribution in [2.75, 3.05) is 20.3 Å². The lowest BCUT2D eigenvalue weighted by molar-refractivity contribution is -0.175. The average Bonchev–Trinajstić information content (AvgIpc) is 3.38. The van der Waals surface area contributed by atoms with Crippen LogP contribution in [0.5, 0.6) is 0 Å². The maximum Gasteiger partial charge on any atom is 0.335 e. The molecule has 232 valence electrons. The lowest BCUT2D eigenvalue weighted by Gasteiger charge is -2.33. The van der Waals surface area contributed by atoms with E-state index in [9.17, 15) is 14.7 Å². The molecule has 5 rings (SSSR count). The molecule has 1 aliphatic rings. The fraction of sp³-hybridized carbons (Fsp3) is 0.353. The van der Waals surface area contributed by atoms with E-state index in [4.69, 9.17) is 23.7 Å². The molecular weight excluding hydrogens is 564 g/mol. The zero-order chi connectivity index (χ0) is 30.9. The number of methoxy groups -OCH3 is 1. The van der Waals surface area contributed by atoms with Crippen LogP contribution in [0.25, 0.3) is 0 Å². The first-order valence-electron chi connectivity index (χ1n) is 14.5. The molecule has 1 aromatic heterocycles. The van der Waals surface area contributed by atoms with Gasteiger partial charge in [-0.2, -0.15) is 0 Å². The summed E-state index contributed by atoms with van der Waals surface area (Å²) in [7, 11) is 1.50. The molecule has 1 N–H and O–H groups in total. The van der Waals surface area contributed by atoms with E-state index < -0.39 is 41.9 Å². The molecule has 0 bridgehead atoms. The molecule has 2 heterocycles. The summed E-state index contributed by atoms with van der Waals surface area (Å²) >= 11 is 0. The molecule has 4 aromatic rings. The number of hydrogen-bond donors (Lipinski definition) is 1. The van der Waals surface area contributed by atoms with Gasteiger partial charge in [-0.3, -0.25) is 9.36 Å². The summed E-state index contributed by atoms with van der Waals surface area (Å²) in [6.45, 7) is 1.58. The van der Waals surface area contributed by atoms with E-state index in [-0.39, 0.29) is 33.2 Å². The van der Waals surface area contributed by atoms with Crippen LogP contribution in [0.4, 0.5) is 0 Å². The van der Waals surface area contributed by atoms with Gasteiger partial charge in [0.2, 0.25) is 0 Å². The normalized spacial score (nSPS) is 21.5. The van der Waals surface area contributed by atoms with Crippen molar-refractivity contribution < 1.29 is 28.8 Å². The molecule has 44 heavy (non-hydrogen) atoms. The van der Waals surface area contributed by atoms with E-state index in [1.807, 2.05) is 91.0 Å². The smallest absolute Gasteiger partial charge is 0.335 e. The predicted octanol–water partition coefficient (Wildman–Crippen LogP) is 3.57. The Labute approximate surface area is 256 Å². The Hall–Kier alpha value is -3.90. The standard InChI is InChI=1S/C34H38N2O8/c1-25-18-35(33(39)36(31(25)38)24-42-20-27-14-8-4-9-15-27)32-29(40-2)30(43-21-28-16-10-5-11-17-28)34(22-37,44-32)23-41-19-26-12-6-3-7-13-26/h3-18,29-30,32,37H,19-24H2,1-2H3/t29-,30+,32-,34-/m1/s1. The highest BCUT2D eigenvalue weighted by Crippen LogP contribution is 2.41. The van der Waals surface area contributed by atoms with Gasteiger partial charge in [-0.25, -0.2) is 9.36 Å². The van der Waals surface area contributed by atoms with Crippen LogP contribution in [0.1, 0.15) is 28.5 Å². The summed E-state index contributed by atoms with van der Waals surface area (Å²) < 4.78 is 33.0. The van der Waals surface area contributed by atoms with Crippen LogP contribution in [-0.2, 0) is 50.2 Å². The fourth-order valence-electron chi connectivity index (χ4n) is 5.37. The molecule has 0 unspecified atom stereocenters. The van der Waals surface area contributed by atoms with Crippen LogP contribution in [0.15, 0.2) is 107 Å². The zero-order valence-corrected chi connectivity index (χ0v) is 24.9. The second kappa shape index (κ2) is 14.7. The Kier molecular flexibility index (Phi) is 10.5. The number of hydrogen-bond acceptors (Lipinski definition) is 8. The van der Waals surface area contributed by atoms with E-state index in [0.29, 0.717) is 5.56 Å². The molecule has 0 amide bonds. The van der Waals surface area contributed by atoms with Crippen molar-refractivity contribution in [1.29, 1.82) is 0 Å². The number of rotatable bonds is 14. The molecule has 0 spiro atoms. The minimum absolute atomic E-state index is 0.0399. The Morgan fingerprint density at radius 2 is 1.36 bits per heavy atom. The summed E-state index contributed by atoms with van der Waals surface area (Å²) in [6, 6.07) is 28.7. The van der Waals surface area contributed by atoms with Crippen molar-refractivity contribution in [3.8, 4) is 0 Å². The van der Waals surface area contributed by atoms with Crippen LogP contribution in [0.2, 0.25) is 0 Å². The SMILES string of the molecule is CO[C@H]1[C@H](n2cc(C)c(=O)n(COCc3ccccc3)c2=O)O[C@](CO)(COCc2ccccc2)[C@H]1OCc1ccccc1. The molecule has 1 saturated heterocycles. The number of ether oxygens (including phenoxy) is 5. The molecule has 0 aliphatic carbocycles. The van der Waals surface area contributed by atoms with Crippen molar-refractivity contribution >= 4 is 0 Å². The number of nitrogens with zero attached hydrogens (tertiary/aromatic N) is 2. The van der Waals surface area contributed by atoms with Crippen LogP contribution in [-0.4, -0.2) is 52.4 Å². The summed E-state index contributed by atoms with van der Waals surface area (Å²) in [5.74, 6) is 0. The van der Waals surface area contributed by atoms with Crippen LogP contribution < -0.4 is 11.2 Å². The molecule has 10 heteroatoms. The lowest BCUT2D eigenvalue weighted by Crippen LogP contribution is -2.51. The van der Waals surface area contributed by atoms with E-state index in [1.165, 1.54) is 17.9 Å². The largest absolute Gasteiger partial charge is 0.393 e. The molecule has 0 saturated carbocycles. The van der Waals surface area contributed by atoms with Gasteiger partial charge in [0.25, 0.3) is 5.56 Å². The number of benzene rings is 3. The third-order valence-corrected chi connectivity index (χ3v) is 7.70.